The normalized spacial score (nSPS) is 28.7. The lowest BCUT2D eigenvalue weighted by Gasteiger charge is -2.38. The SMILES string of the molecule is CC1CC(NCC(C)(C)C(C)C)CCN1C. The predicted octanol–water partition coefficient (Wildman–Crippen LogP) is 2.74. The van der Waals surface area contributed by atoms with Gasteiger partial charge in [-0.1, -0.05) is 27.7 Å². The van der Waals surface area contributed by atoms with Crippen LogP contribution >= 0.6 is 0 Å². The molecule has 2 unspecified atom stereocenters. The summed E-state index contributed by atoms with van der Waals surface area (Å²) < 4.78 is 0. The van der Waals surface area contributed by atoms with Crippen molar-refractivity contribution in [1.29, 1.82) is 0 Å². The van der Waals surface area contributed by atoms with Crippen LogP contribution in [-0.2, 0) is 0 Å². The van der Waals surface area contributed by atoms with Crippen LogP contribution in [0.2, 0.25) is 0 Å². The molecule has 0 aromatic heterocycles. The zero-order valence-corrected chi connectivity index (χ0v) is 12.0. The van der Waals surface area contributed by atoms with Crippen LogP contribution in [0.3, 0.4) is 0 Å². The smallest absolute Gasteiger partial charge is 0.00942 e. The molecule has 1 heterocycles. The van der Waals surface area contributed by atoms with Gasteiger partial charge in [-0.3, -0.25) is 0 Å². The molecule has 2 nitrogen and oxygen atoms in total. The fourth-order valence-electron chi connectivity index (χ4n) is 2.09. The van der Waals surface area contributed by atoms with Gasteiger partial charge in [0.15, 0.2) is 0 Å². The second-order valence-corrected chi connectivity index (χ2v) is 6.58. The first-order chi connectivity index (χ1) is 7.33. The first-order valence-electron chi connectivity index (χ1n) is 6.76. The minimum Gasteiger partial charge on any atom is -0.313 e. The molecule has 0 amide bonds. The van der Waals surface area contributed by atoms with E-state index in [2.05, 4.69) is 51.9 Å². The van der Waals surface area contributed by atoms with Crippen molar-refractivity contribution in [2.24, 2.45) is 11.3 Å². The molecule has 0 aromatic rings. The van der Waals surface area contributed by atoms with E-state index in [0.29, 0.717) is 5.41 Å². The maximum atomic E-state index is 3.77. The summed E-state index contributed by atoms with van der Waals surface area (Å²) in [4.78, 5) is 2.46. The molecule has 2 heteroatoms. The molecule has 1 aliphatic rings. The van der Waals surface area contributed by atoms with Gasteiger partial charge >= 0.3 is 0 Å². The summed E-state index contributed by atoms with van der Waals surface area (Å²) in [6.45, 7) is 14.1. The molecule has 1 N–H and O–H groups in total. The predicted molar refractivity (Wildman–Crippen MR) is 71.7 cm³/mol. The number of rotatable bonds is 4. The summed E-state index contributed by atoms with van der Waals surface area (Å²) >= 11 is 0. The number of nitrogens with one attached hydrogen (secondary N) is 1. The van der Waals surface area contributed by atoms with E-state index in [1.807, 2.05) is 0 Å². The zero-order chi connectivity index (χ0) is 12.3. The summed E-state index contributed by atoms with van der Waals surface area (Å²) in [6.07, 6.45) is 2.60. The van der Waals surface area contributed by atoms with Gasteiger partial charge in [-0.15, -0.1) is 0 Å². The van der Waals surface area contributed by atoms with Gasteiger partial charge in [0.05, 0.1) is 0 Å². The third kappa shape index (κ3) is 3.74. The van der Waals surface area contributed by atoms with Crippen LogP contribution in [0.15, 0.2) is 0 Å². The Balaban J connectivity index is 2.34. The lowest BCUT2D eigenvalue weighted by molar-refractivity contribution is 0.151. The van der Waals surface area contributed by atoms with Crippen molar-refractivity contribution in [2.45, 2.75) is 59.5 Å². The molecule has 0 spiro atoms. The average molecular weight is 226 g/mol. The van der Waals surface area contributed by atoms with E-state index >= 15 is 0 Å². The third-order valence-electron chi connectivity index (χ3n) is 4.62. The van der Waals surface area contributed by atoms with Crippen molar-refractivity contribution in [3.63, 3.8) is 0 Å². The molecule has 1 saturated heterocycles. The number of piperidine rings is 1. The van der Waals surface area contributed by atoms with Crippen LogP contribution in [-0.4, -0.2) is 37.1 Å². The van der Waals surface area contributed by atoms with E-state index in [1.54, 1.807) is 0 Å². The highest BCUT2D eigenvalue weighted by atomic mass is 15.1. The third-order valence-corrected chi connectivity index (χ3v) is 4.62. The van der Waals surface area contributed by atoms with Crippen molar-refractivity contribution in [3.8, 4) is 0 Å². The molecule has 0 radical (unpaired) electrons. The molecule has 0 aromatic carbocycles. The van der Waals surface area contributed by atoms with Gasteiger partial charge in [-0.05, 0) is 44.7 Å². The molecule has 1 aliphatic heterocycles. The Morgan fingerprint density at radius 2 is 2.00 bits per heavy atom. The number of likely N-dealkylation sites (tertiary alicyclic amines) is 1. The molecule has 2 atom stereocenters. The van der Waals surface area contributed by atoms with Gasteiger partial charge < -0.3 is 10.2 Å². The second-order valence-electron chi connectivity index (χ2n) is 6.58. The Bertz CT molecular complexity index is 211. The maximum Gasteiger partial charge on any atom is 0.00942 e. The standard InChI is InChI=1S/C14H30N2/c1-11(2)14(4,5)10-15-13-7-8-16(6)12(3)9-13/h11-13,15H,7-10H2,1-6H3. The van der Waals surface area contributed by atoms with Crippen LogP contribution < -0.4 is 5.32 Å². The number of hydrogen-bond donors (Lipinski definition) is 1. The van der Waals surface area contributed by atoms with Crippen LogP contribution in [0.25, 0.3) is 0 Å². The highest BCUT2D eigenvalue weighted by molar-refractivity contribution is 4.84. The van der Waals surface area contributed by atoms with Gasteiger partial charge in [0.25, 0.3) is 0 Å². The van der Waals surface area contributed by atoms with Gasteiger partial charge in [-0.25, -0.2) is 0 Å². The van der Waals surface area contributed by atoms with Crippen molar-refractivity contribution in [1.82, 2.24) is 10.2 Å². The van der Waals surface area contributed by atoms with Crippen molar-refractivity contribution in [3.05, 3.63) is 0 Å². The monoisotopic (exact) mass is 226 g/mol. The fourth-order valence-corrected chi connectivity index (χ4v) is 2.09. The molecule has 1 rings (SSSR count). The van der Waals surface area contributed by atoms with Gasteiger partial charge in [-0.2, -0.15) is 0 Å². The summed E-state index contributed by atoms with van der Waals surface area (Å²) in [5.41, 5.74) is 0.409. The molecule has 96 valence electrons. The quantitative estimate of drug-likeness (QED) is 0.793. The summed E-state index contributed by atoms with van der Waals surface area (Å²) in [7, 11) is 2.24. The fraction of sp³-hybridized carbons (Fsp3) is 1.00. The van der Waals surface area contributed by atoms with E-state index in [0.717, 1.165) is 24.5 Å². The molecular weight excluding hydrogens is 196 g/mol. The lowest BCUT2D eigenvalue weighted by atomic mass is 9.81. The summed E-state index contributed by atoms with van der Waals surface area (Å²) in [6, 6.07) is 1.46. The zero-order valence-electron chi connectivity index (χ0n) is 12.0. The molecule has 0 saturated carbocycles. The summed E-state index contributed by atoms with van der Waals surface area (Å²) in [5.74, 6) is 0.740. The van der Waals surface area contributed by atoms with Crippen LogP contribution in [0.4, 0.5) is 0 Å². The van der Waals surface area contributed by atoms with Crippen molar-refractivity contribution in [2.75, 3.05) is 20.1 Å². The Morgan fingerprint density at radius 1 is 1.38 bits per heavy atom. The Morgan fingerprint density at radius 3 is 2.50 bits per heavy atom. The largest absolute Gasteiger partial charge is 0.313 e. The second kappa shape index (κ2) is 5.50. The molecule has 16 heavy (non-hydrogen) atoms. The highest BCUT2D eigenvalue weighted by Crippen LogP contribution is 2.25. The Labute approximate surface area is 102 Å². The number of nitrogens with zero attached hydrogens (tertiary/aromatic N) is 1. The average Bonchev–Trinajstić information content (AvgIpc) is 2.20. The van der Waals surface area contributed by atoms with Gasteiger partial charge in [0.1, 0.15) is 0 Å². The number of hydrogen-bond acceptors (Lipinski definition) is 2. The van der Waals surface area contributed by atoms with Gasteiger partial charge in [0, 0.05) is 18.6 Å². The van der Waals surface area contributed by atoms with E-state index in [1.165, 1.54) is 19.4 Å². The molecular formula is C14H30N2. The van der Waals surface area contributed by atoms with Crippen molar-refractivity contribution < 1.29 is 0 Å². The van der Waals surface area contributed by atoms with Crippen molar-refractivity contribution >= 4 is 0 Å². The summed E-state index contributed by atoms with van der Waals surface area (Å²) in [5, 5.41) is 3.77. The van der Waals surface area contributed by atoms with E-state index in [-0.39, 0.29) is 0 Å². The van der Waals surface area contributed by atoms with E-state index in [4.69, 9.17) is 0 Å². The minimum atomic E-state index is 0.409. The van der Waals surface area contributed by atoms with Crippen LogP contribution in [0, 0.1) is 11.3 Å². The van der Waals surface area contributed by atoms with Gasteiger partial charge in [0.2, 0.25) is 0 Å². The Hall–Kier alpha value is -0.0800. The van der Waals surface area contributed by atoms with Crippen LogP contribution in [0.1, 0.15) is 47.5 Å². The maximum absolute atomic E-state index is 3.77. The minimum absolute atomic E-state index is 0.409. The topological polar surface area (TPSA) is 15.3 Å². The molecule has 1 fully saturated rings. The van der Waals surface area contributed by atoms with E-state index in [9.17, 15) is 0 Å². The Kier molecular flexibility index (Phi) is 4.81. The van der Waals surface area contributed by atoms with Crippen LogP contribution in [0.5, 0.6) is 0 Å². The first kappa shape index (κ1) is 14.0. The molecule has 0 aliphatic carbocycles. The molecule has 0 bridgehead atoms. The lowest BCUT2D eigenvalue weighted by Crippen LogP contribution is -2.48. The van der Waals surface area contributed by atoms with E-state index < -0.39 is 0 Å². The first-order valence-corrected chi connectivity index (χ1v) is 6.76. The highest BCUT2D eigenvalue weighted by Gasteiger charge is 2.26.